The van der Waals surface area contributed by atoms with Gasteiger partial charge in [0.2, 0.25) is 0 Å². The van der Waals surface area contributed by atoms with E-state index >= 15 is 0 Å². The lowest BCUT2D eigenvalue weighted by Gasteiger charge is -2.22. The summed E-state index contributed by atoms with van der Waals surface area (Å²) in [5, 5.41) is 0. The molecule has 100 valence electrons. The van der Waals surface area contributed by atoms with E-state index in [4.69, 9.17) is 0 Å². The van der Waals surface area contributed by atoms with Crippen LogP contribution in [0.2, 0.25) is 0 Å². The first-order valence-corrected chi connectivity index (χ1v) is 7.36. The lowest BCUT2D eigenvalue weighted by molar-refractivity contribution is 0.349. The molecule has 0 spiro atoms. The predicted octanol–water partition coefficient (Wildman–Crippen LogP) is 5.67. The zero-order valence-corrected chi connectivity index (χ0v) is 12.9. The molecule has 17 heavy (non-hydrogen) atoms. The molecular weight excluding hydrogens is 204 g/mol. The zero-order valence-electron chi connectivity index (χ0n) is 12.9. The van der Waals surface area contributed by atoms with E-state index in [1.165, 1.54) is 32.1 Å². The Bertz CT molecular complexity index is 234. The molecule has 0 fully saturated rings. The first kappa shape index (κ1) is 16.6. The van der Waals surface area contributed by atoms with Crippen molar-refractivity contribution in [3.63, 3.8) is 0 Å². The number of rotatable bonds is 7. The molecule has 0 aromatic rings. The quantitative estimate of drug-likeness (QED) is 0.395. The van der Waals surface area contributed by atoms with Crippen LogP contribution in [-0.4, -0.2) is 0 Å². The average Bonchev–Trinajstić information content (AvgIpc) is 2.21. The predicted molar refractivity (Wildman–Crippen MR) is 78.9 cm³/mol. The summed E-state index contributed by atoms with van der Waals surface area (Å²) in [5.41, 5.74) is 0.178. The molecule has 0 aromatic carbocycles. The summed E-state index contributed by atoms with van der Waals surface area (Å²) in [6.07, 6.45) is 7.86. The Balaban J connectivity index is 3.55. The van der Waals surface area contributed by atoms with Crippen LogP contribution in [0.25, 0.3) is 0 Å². The lowest BCUT2D eigenvalue weighted by atomic mass is 9.82. The first-order chi connectivity index (χ1) is 7.86. The van der Waals surface area contributed by atoms with Crippen molar-refractivity contribution in [2.45, 2.75) is 80.1 Å². The Morgan fingerprint density at radius 3 is 2.00 bits per heavy atom. The molecule has 0 unspecified atom stereocenters. The molecule has 0 saturated carbocycles. The summed E-state index contributed by atoms with van der Waals surface area (Å²) < 4.78 is 0. The van der Waals surface area contributed by atoms with Crippen LogP contribution in [0.1, 0.15) is 80.1 Å². The van der Waals surface area contributed by atoms with Gasteiger partial charge in [-0.15, -0.1) is 5.92 Å². The van der Waals surface area contributed by atoms with Crippen LogP contribution in [0.4, 0.5) is 0 Å². The van der Waals surface area contributed by atoms with Gasteiger partial charge in [-0.3, -0.25) is 0 Å². The monoisotopic (exact) mass is 236 g/mol. The molecule has 0 N–H and O–H groups in total. The Hall–Kier alpha value is -0.440. The van der Waals surface area contributed by atoms with E-state index in [-0.39, 0.29) is 5.41 Å². The minimum absolute atomic E-state index is 0.178. The van der Waals surface area contributed by atoms with E-state index in [1.54, 1.807) is 0 Å². The van der Waals surface area contributed by atoms with Crippen LogP contribution in [-0.2, 0) is 0 Å². The molecule has 0 heterocycles. The molecule has 0 saturated heterocycles. The van der Waals surface area contributed by atoms with Crippen molar-refractivity contribution in [1.82, 2.24) is 0 Å². The van der Waals surface area contributed by atoms with E-state index in [2.05, 4.69) is 53.4 Å². The molecular formula is C17H32. The zero-order chi connectivity index (χ0) is 13.3. The summed E-state index contributed by atoms with van der Waals surface area (Å²) in [5.74, 6) is 8.28. The van der Waals surface area contributed by atoms with E-state index in [0.29, 0.717) is 5.92 Å². The van der Waals surface area contributed by atoms with Crippen LogP contribution in [0.3, 0.4) is 0 Å². The van der Waals surface area contributed by atoms with Crippen LogP contribution >= 0.6 is 0 Å². The van der Waals surface area contributed by atoms with Crippen molar-refractivity contribution in [3.05, 3.63) is 0 Å². The van der Waals surface area contributed by atoms with Gasteiger partial charge in [-0.05, 0) is 32.1 Å². The first-order valence-electron chi connectivity index (χ1n) is 7.36. The Morgan fingerprint density at radius 1 is 0.882 bits per heavy atom. The molecule has 0 aliphatic rings. The highest BCUT2D eigenvalue weighted by atomic mass is 14.2. The van der Waals surface area contributed by atoms with Gasteiger partial charge in [0.25, 0.3) is 0 Å². The second-order valence-electron chi connectivity index (χ2n) is 6.52. The molecule has 0 rings (SSSR count). The van der Waals surface area contributed by atoms with Crippen molar-refractivity contribution in [2.24, 2.45) is 17.3 Å². The largest absolute Gasteiger partial charge is 0.103 e. The third kappa shape index (κ3) is 9.28. The van der Waals surface area contributed by atoms with Crippen molar-refractivity contribution in [1.29, 1.82) is 0 Å². The molecule has 0 aromatic heterocycles. The van der Waals surface area contributed by atoms with Gasteiger partial charge in [0.05, 0.1) is 0 Å². The summed E-state index contributed by atoms with van der Waals surface area (Å²) in [6, 6.07) is 0. The van der Waals surface area contributed by atoms with Crippen molar-refractivity contribution in [3.8, 4) is 11.8 Å². The minimum atomic E-state index is 0.178. The average molecular weight is 236 g/mol. The fourth-order valence-corrected chi connectivity index (χ4v) is 1.55. The minimum Gasteiger partial charge on any atom is -0.103 e. The normalized spacial score (nSPS) is 11.8. The topological polar surface area (TPSA) is 0 Å². The third-order valence-corrected chi connectivity index (χ3v) is 3.69. The molecule has 0 nitrogen and oxygen atoms in total. The van der Waals surface area contributed by atoms with Crippen molar-refractivity contribution >= 4 is 0 Å². The summed E-state index contributed by atoms with van der Waals surface area (Å²) in [4.78, 5) is 0. The molecule has 0 aliphatic heterocycles. The number of hydrogen-bond acceptors (Lipinski definition) is 0. The van der Waals surface area contributed by atoms with Gasteiger partial charge >= 0.3 is 0 Å². The standard InChI is InChI=1S/C17H32/c1-15(2)13-11-9-7-8-10-12-14-17(5,6)16(3)4/h15-16H,7-11,13H2,1-6H3. The van der Waals surface area contributed by atoms with Crippen LogP contribution in [0.15, 0.2) is 0 Å². The van der Waals surface area contributed by atoms with Gasteiger partial charge in [0.15, 0.2) is 0 Å². The fourth-order valence-electron chi connectivity index (χ4n) is 1.55. The summed E-state index contributed by atoms with van der Waals surface area (Å²) in [7, 11) is 0. The van der Waals surface area contributed by atoms with Crippen LogP contribution < -0.4 is 0 Å². The van der Waals surface area contributed by atoms with E-state index in [1.807, 2.05) is 0 Å². The number of hydrogen-bond donors (Lipinski definition) is 0. The SMILES string of the molecule is CC(C)CCCCCCC#CC(C)(C)C(C)C. The maximum atomic E-state index is 3.42. The Kier molecular flexibility index (Phi) is 8.40. The highest BCUT2D eigenvalue weighted by Gasteiger charge is 2.18. The van der Waals surface area contributed by atoms with Gasteiger partial charge < -0.3 is 0 Å². The van der Waals surface area contributed by atoms with Crippen LogP contribution in [0, 0.1) is 29.1 Å². The molecule has 0 amide bonds. The van der Waals surface area contributed by atoms with Gasteiger partial charge in [0.1, 0.15) is 0 Å². The van der Waals surface area contributed by atoms with E-state index in [9.17, 15) is 0 Å². The molecule has 0 radical (unpaired) electrons. The second kappa shape index (κ2) is 8.62. The van der Waals surface area contributed by atoms with Crippen molar-refractivity contribution < 1.29 is 0 Å². The molecule has 0 heteroatoms. The third-order valence-electron chi connectivity index (χ3n) is 3.69. The second-order valence-corrected chi connectivity index (χ2v) is 6.52. The van der Waals surface area contributed by atoms with Crippen molar-refractivity contribution in [2.75, 3.05) is 0 Å². The van der Waals surface area contributed by atoms with Gasteiger partial charge in [0, 0.05) is 11.8 Å². The summed E-state index contributed by atoms with van der Waals surface area (Å²) in [6.45, 7) is 13.6. The molecule has 0 bridgehead atoms. The van der Waals surface area contributed by atoms with Gasteiger partial charge in [-0.25, -0.2) is 0 Å². The maximum absolute atomic E-state index is 3.42. The summed E-state index contributed by atoms with van der Waals surface area (Å²) >= 11 is 0. The number of unbranched alkanes of at least 4 members (excludes halogenated alkanes) is 4. The molecule has 0 atom stereocenters. The van der Waals surface area contributed by atoms with Gasteiger partial charge in [-0.2, -0.15) is 0 Å². The van der Waals surface area contributed by atoms with Crippen LogP contribution in [0.5, 0.6) is 0 Å². The Labute approximate surface area is 110 Å². The lowest BCUT2D eigenvalue weighted by Crippen LogP contribution is -2.16. The fraction of sp³-hybridized carbons (Fsp3) is 0.882. The maximum Gasteiger partial charge on any atom is 0.0281 e. The highest BCUT2D eigenvalue weighted by molar-refractivity contribution is 5.09. The van der Waals surface area contributed by atoms with Gasteiger partial charge in [-0.1, -0.05) is 59.3 Å². The smallest absolute Gasteiger partial charge is 0.0281 e. The Morgan fingerprint density at radius 2 is 1.47 bits per heavy atom. The van der Waals surface area contributed by atoms with E-state index < -0.39 is 0 Å². The molecule has 0 aliphatic carbocycles. The highest BCUT2D eigenvalue weighted by Crippen LogP contribution is 2.24. The van der Waals surface area contributed by atoms with E-state index in [0.717, 1.165) is 12.3 Å².